The minimum Gasteiger partial charge on any atom is -0.286 e. The molecule has 0 saturated heterocycles. The van der Waals surface area contributed by atoms with E-state index in [1.807, 2.05) is 13.8 Å². The summed E-state index contributed by atoms with van der Waals surface area (Å²) < 4.78 is 0. The summed E-state index contributed by atoms with van der Waals surface area (Å²) in [6.45, 7) is 7.49. The van der Waals surface area contributed by atoms with Gasteiger partial charge in [-0.2, -0.15) is 4.98 Å². The van der Waals surface area contributed by atoms with Gasteiger partial charge in [0.05, 0.1) is 29.5 Å². The maximum atomic E-state index is 12.5. The topological polar surface area (TPSA) is 133 Å². The zero-order chi connectivity index (χ0) is 20.7. The number of carbonyl (C=O) groups excluding carboxylic acids is 2. The summed E-state index contributed by atoms with van der Waals surface area (Å²) in [5.74, 6) is -0.718. The third-order valence-electron chi connectivity index (χ3n) is 4.47. The number of anilines is 1. The van der Waals surface area contributed by atoms with Gasteiger partial charge in [-0.05, 0) is 27.2 Å². The number of aromatic nitrogens is 4. The number of hydrogen-bond donors (Lipinski definition) is 3. The molecule has 0 aliphatic heterocycles. The van der Waals surface area contributed by atoms with Crippen molar-refractivity contribution in [1.82, 2.24) is 30.4 Å². The Balaban J connectivity index is 2.10. The summed E-state index contributed by atoms with van der Waals surface area (Å²) in [7, 11) is 0. The van der Waals surface area contributed by atoms with Crippen LogP contribution in [-0.4, -0.2) is 49.1 Å². The number of hydroxylamine groups is 2. The van der Waals surface area contributed by atoms with Gasteiger partial charge in [0.25, 0.3) is 0 Å². The second-order valence-electron chi connectivity index (χ2n) is 6.73. The first-order valence-electron chi connectivity index (χ1n) is 9.32. The monoisotopic (exact) mass is 389 g/mol. The smallest absolute Gasteiger partial charge is 0.244 e. The van der Waals surface area contributed by atoms with E-state index in [1.54, 1.807) is 6.92 Å². The van der Waals surface area contributed by atoms with Gasteiger partial charge in [-0.25, -0.2) is 20.0 Å². The Kier molecular flexibility index (Phi) is 7.56. The van der Waals surface area contributed by atoms with Gasteiger partial charge >= 0.3 is 0 Å². The number of amides is 2. The third kappa shape index (κ3) is 5.56. The summed E-state index contributed by atoms with van der Waals surface area (Å²) in [5, 5.41) is 9.93. The average Bonchev–Trinajstić information content (AvgIpc) is 2.66. The Bertz CT molecular complexity index is 844. The van der Waals surface area contributed by atoms with Crippen LogP contribution in [0, 0.1) is 26.7 Å². The number of rotatable bonds is 10. The number of fused-ring (bicyclic) bond motifs is 1. The number of nitrogens with zero attached hydrogens (tertiary/aromatic N) is 5. The number of hydrogen-bond acceptors (Lipinski definition) is 8. The Morgan fingerprint density at radius 2 is 1.82 bits per heavy atom. The highest BCUT2D eigenvalue weighted by molar-refractivity contribution is 5.80. The highest BCUT2D eigenvalue weighted by Gasteiger charge is 2.21. The summed E-state index contributed by atoms with van der Waals surface area (Å²) in [5.41, 5.74) is 8.52. The van der Waals surface area contributed by atoms with Gasteiger partial charge < -0.3 is 0 Å². The van der Waals surface area contributed by atoms with Crippen LogP contribution in [0.4, 0.5) is 5.95 Å². The molecule has 0 saturated carbocycles. The van der Waals surface area contributed by atoms with Crippen LogP contribution in [0.25, 0.3) is 11.2 Å². The molecular formula is C18H27N7O3. The van der Waals surface area contributed by atoms with Crippen molar-refractivity contribution in [2.24, 2.45) is 5.92 Å². The van der Waals surface area contributed by atoms with Crippen LogP contribution in [0.3, 0.4) is 0 Å². The molecule has 2 heterocycles. The quantitative estimate of drug-likeness (QED) is 0.243. The number of nitrogens with one attached hydrogen (secondary N) is 2. The van der Waals surface area contributed by atoms with E-state index in [0.29, 0.717) is 28.3 Å². The molecule has 2 rings (SSSR count). The molecule has 2 aromatic heterocycles. The van der Waals surface area contributed by atoms with Crippen LogP contribution >= 0.6 is 0 Å². The molecule has 2 aromatic rings. The fourth-order valence-corrected chi connectivity index (χ4v) is 2.74. The predicted molar refractivity (Wildman–Crippen MR) is 103 cm³/mol. The average molecular weight is 389 g/mol. The minimum atomic E-state index is -0.555. The Morgan fingerprint density at radius 1 is 1.11 bits per heavy atom. The van der Waals surface area contributed by atoms with E-state index in [-0.39, 0.29) is 24.8 Å². The van der Waals surface area contributed by atoms with E-state index in [4.69, 9.17) is 0 Å². The fourth-order valence-electron chi connectivity index (χ4n) is 2.74. The first-order valence-corrected chi connectivity index (χ1v) is 9.32. The zero-order valence-electron chi connectivity index (χ0n) is 16.7. The lowest BCUT2D eigenvalue weighted by molar-refractivity contribution is -0.154. The molecule has 10 nitrogen and oxygen atoms in total. The summed E-state index contributed by atoms with van der Waals surface area (Å²) in [6, 6.07) is 0. The predicted octanol–water partition coefficient (Wildman–Crippen LogP) is 1.83. The first-order chi connectivity index (χ1) is 13.3. The molecule has 0 spiro atoms. The van der Waals surface area contributed by atoms with Crippen molar-refractivity contribution in [2.75, 3.05) is 12.0 Å². The molecule has 152 valence electrons. The van der Waals surface area contributed by atoms with E-state index in [2.05, 4.69) is 37.7 Å². The van der Waals surface area contributed by atoms with Crippen molar-refractivity contribution in [3.8, 4) is 0 Å². The van der Waals surface area contributed by atoms with Gasteiger partial charge in [-0.15, -0.1) is 0 Å². The van der Waals surface area contributed by atoms with E-state index in [9.17, 15) is 14.8 Å². The molecule has 28 heavy (non-hydrogen) atoms. The maximum absolute atomic E-state index is 12.5. The van der Waals surface area contributed by atoms with Gasteiger partial charge in [-0.3, -0.25) is 25.6 Å². The van der Waals surface area contributed by atoms with E-state index >= 15 is 0 Å². The number of aryl methyl sites for hydroxylation is 3. The van der Waals surface area contributed by atoms with Crippen molar-refractivity contribution in [1.29, 1.82) is 0 Å². The van der Waals surface area contributed by atoms with Crippen LogP contribution < -0.4 is 10.9 Å². The highest BCUT2D eigenvalue weighted by Crippen LogP contribution is 2.15. The first kappa shape index (κ1) is 21.4. The van der Waals surface area contributed by atoms with Crippen LogP contribution in [0.15, 0.2) is 0 Å². The second-order valence-corrected chi connectivity index (χ2v) is 6.73. The maximum Gasteiger partial charge on any atom is 0.244 e. The molecule has 0 aliphatic carbocycles. The van der Waals surface area contributed by atoms with E-state index < -0.39 is 5.92 Å². The van der Waals surface area contributed by atoms with Crippen LogP contribution in [-0.2, 0) is 9.59 Å². The van der Waals surface area contributed by atoms with Gasteiger partial charge in [0.15, 0.2) is 5.65 Å². The zero-order valence-corrected chi connectivity index (χ0v) is 16.7. The standard InChI is InChI=1S/C18H27N7O3/c1-5-6-7-8-14(9-25(28)10-26)17(27)23-24-18-21-13(4)15-16(22-18)20-12(3)11(2)19-15/h10,14,28H,5-9H2,1-4H3,(H,23,27)(H,20,21,22,24)/t14-/m0/s1. The van der Waals surface area contributed by atoms with E-state index in [1.165, 1.54) is 0 Å². The van der Waals surface area contributed by atoms with Crippen LogP contribution in [0.1, 0.15) is 49.7 Å². The largest absolute Gasteiger partial charge is 0.286 e. The summed E-state index contributed by atoms with van der Waals surface area (Å²) in [6.07, 6.45) is 3.63. The van der Waals surface area contributed by atoms with Gasteiger partial charge in [0.2, 0.25) is 18.3 Å². The third-order valence-corrected chi connectivity index (χ3v) is 4.47. The number of unbranched alkanes of at least 4 members (excludes halogenated alkanes) is 2. The normalized spacial score (nSPS) is 11.9. The van der Waals surface area contributed by atoms with Gasteiger partial charge in [-0.1, -0.05) is 26.2 Å². The second kappa shape index (κ2) is 9.88. The molecule has 0 aliphatic rings. The lowest BCUT2D eigenvalue weighted by Crippen LogP contribution is -2.40. The molecule has 0 bridgehead atoms. The molecule has 2 amide bonds. The van der Waals surface area contributed by atoms with Crippen molar-refractivity contribution in [3.05, 3.63) is 17.1 Å². The fraction of sp³-hybridized carbons (Fsp3) is 0.556. The van der Waals surface area contributed by atoms with Gasteiger partial charge in [0.1, 0.15) is 5.52 Å². The molecule has 3 N–H and O–H groups in total. The van der Waals surface area contributed by atoms with E-state index in [0.717, 1.165) is 30.7 Å². The van der Waals surface area contributed by atoms with Crippen LogP contribution in [0.2, 0.25) is 0 Å². The molecule has 10 heteroatoms. The Labute approximate surface area is 163 Å². The van der Waals surface area contributed by atoms with Crippen molar-refractivity contribution in [3.63, 3.8) is 0 Å². The summed E-state index contributed by atoms with van der Waals surface area (Å²) in [4.78, 5) is 40.6. The minimum absolute atomic E-state index is 0.0811. The molecular weight excluding hydrogens is 362 g/mol. The Morgan fingerprint density at radius 3 is 2.50 bits per heavy atom. The summed E-state index contributed by atoms with van der Waals surface area (Å²) >= 11 is 0. The van der Waals surface area contributed by atoms with Crippen molar-refractivity contribution in [2.45, 2.75) is 53.4 Å². The number of carbonyl (C=O) groups is 2. The Hall–Kier alpha value is -2.88. The SMILES string of the molecule is CCCCC[C@@H](CN(O)C=O)C(=O)NNc1nc(C)c2nc(C)c(C)nc2n1. The van der Waals surface area contributed by atoms with Gasteiger partial charge in [0, 0.05) is 0 Å². The number of hydrazine groups is 1. The van der Waals surface area contributed by atoms with Crippen molar-refractivity contribution < 1.29 is 14.8 Å². The van der Waals surface area contributed by atoms with Crippen LogP contribution in [0.5, 0.6) is 0 Å². The molecule has 1 atom stereocenters. The van der Waals surface area contributed by atoms with Crippen molar-refractivity contribution >= 4 is 29.4 Å². The lowest BCUT2D eigenvalue weighted by atomic mass is 10.0. The molecule has 0 unspecified atom stereocenters. The highest BCUT2D eigenvalue weighted by atomic mass is 16.5. The lowest BCUT2D eigenvalue weighted by Gasteiger charge is -2.19. The molecule has 0 aromatic carbocycles. The molecule has 0 radical (unpaired) electrons. The molecule has 0 fully saturated rings.